The molecule has 6 nitrogen and oxygen atoms in total. The van der Waals surface area contributed by atoms with Gasteiger partial charge in [-0.2, -0.15) is 0 Å². The molecule has 0 N–H and O–H groups in total. The molecule has 4 aromatic rings. The van der Waals surface area contributed by atoms with Crippen molar-refractivity contribution < 1.29 is 4.74 Å². The van der Waals surface area contributed by atoms with Gasteiger partial charge >= 0.3 is 0 Å². The predicted octanol–water partition coefficient (Wildman–Crippen LogP) is 5.15. The van der Waals surface area contributed by atoms with Crippen LogP contribution in [-0.4, -0.2) is 32.1 Å². The first kappa shape index (κ1) is 22.9. The second-order valence-corrected chi connectivity index (χ2v) is 9.27. The second-order valence-electron chi connectivity index (χ2n) is 7.84. The minimum Gasteiger partial charge on any atom is -0.491 e. The summed E-state index contributed by atoms with van der Waals surface area (Å²) in [6, 6.07) is 11.4. The third-order valence-corrected chi connectivity index (χ3v) is 6.96. The van der Waals surface area contributed by atoms with Crippen LogP contribution in [0.15, 0.2) is 47.6 Å². The molecule has 1 aliphatic heterocycles. The SMILES string of the molecule is C#CCCOc1ccc(C#Cc2sc3c(c2C)C(c2ccc(Cl)cc2)=NCc2nnc(C)n2-3)nc1. The lowest BCUT2D eigenvalue weighted by Crippen LogP contribution is -2.07. The maximum Gasteiger partial charge on any atom is 0.160 e. The summed E-state index contributed by atoms with van der Waals surface area (Å²) >= 11 is 7.74. The van der Waals surface area contributed by atoms with E-state index >= 15 is 0 Å². The molecular weight excluding hydrogens is 478 g/mol. The lowest BCUT2D eigenvalue weighted by Gasteiger charge is -2.09. The van der Waals surface area contributed by atoms with Crippen molar-refractivity contribution in [3.63, 3.8) is 0 Å². The number of hydrogen-bond acceptors (Lipinski definition) is 6. The molecule has 4 heterocycles. The first-order chi connectivity index (χ1) is 17.0. The number of aromatic nitrogens is 4. The number of benzene rings is 1. The highest BCUT2D eigenvalue weighted by molar-refractivity contribution is 7.15. The van der Waals surface area contributed by atoms with Crippen molar-refractivity contribution in [1.29, 1.82) is 0 Å². The van der Waals surface area contributed by atoms with Gasteiger partial charge in [0.2, 0.25) is 0 Å². The van der Waals surface area contributed by atoms with Crippen LogP contribution in [0.4, 0.5) is 0 Å². The molecule has 5 rings (SSSR count). The van der Waals surface area contributed by atoms with Crippen LogP contribution in [0, 0.1) is 38.0 Å². The van der Waals surface area contributed by atoms with Crippen molar-refractivity contribution in [1.82, 2.24) is 19.7 Å². The Morgan fingerprint density at radius 2 is 1.94 bits per heavy atom. The van der Waals surface area contributed by atoms with Gasteiger partial charge < -0.3 is 4.74 Å². The molecule has 1 aromatic carbocycles. The van der Waals surface area contributed by atoms with Gasteiger partial charge in [0.1, 0.15) is 28.8 Å². The van der Waals surface area contributed by atoms with Crippen molar-refractivity contribution in [2.45, 2.75) is 26.8 Å². The zero-order valence-electron chi connectivity index (χ0n) is 19.2. The number of thiophene rings is 1. The minimum absolute atomic E-state index is 0.445. The van der Waals surface area contributed by atoms with Crippen LogP contribution in [0.1, 0.15) is 45.3 Å². The van der Waals surface area contributed by atoms with Crippen molar-refractivity contribution in [2.24, 2.45) is 4.99 Å². The molecule has 0 unspecified atom stereocenters. The maximum atomic E-state index is 6.14. The average Bonchev–Trinajstić information content (AvgIpc) is 3.33. The Morgan fingerprint density at radius 3 is 2.69 bits per heavy atom. The summed E-state index contributed by atoms with van der Waals surface area (Å²) in [5.41, 5.74) is 4.64. The molecule has 0 amide bonds. The summed E-state index contributed by atoms with van der Waals surface area (Å²) in [7, 11) is 0. The van der Waals surface area contributed by atoms with Crippen LogP contribution in [0.25, 0.3) is 5.00 Å². The molecule has 0 radical (unpaired) electrons. The predicted molar refractivity (Wildman–Crippen MR) is 139 cm³/mol. The maximum absolute atomic E-state index is 6.14. The number of terminal acetylenes is 1. The number of fused-ring (bicyclic) bond motifs is 3. The largest absolute Gasteiger partial charge is 0.491 e. The normalized spacial score (nSPS) is 11.9. The van der Waals surface area contributed by atoms with E-state index < -0.39 is 0 Å². The highest BCUT2D eigenvalue weighted by atomic mass is 35.5. The second kappa shape index (κ2) is 9.76. The number of rotatable bonds is 4. The Balaban J connectivity index is 1.54. The van der Waals surface area contributed by atoms with Gasteiger partial charge in [-0.1, -0.05) is 23.7 Å². The van der Waals surface area contributed by atoms with E-state index in [1.165, 1.54) is 0 Å². The highest BCUT2D eigenvalue weighted by Gasteiger charge is 2.27. The first-order valence-electron chi connectivity index (χ1n) is 10.9. The van der Waals surface area contributed by atoms with E-state index in [9.17, 15) is 0 Å². The molecule has 0 atom stereocenters. The number of pyridine rings is 1. The lowest BCUT2D eigenvalue weighted by molar-refractivity contribution is 0.326. The van der Waals surface area contributed by atoms with E-state index in [0.717, 1.165) is 43.9 Å². The van der Waals surface area contributed by atoms with Crippen LogP contribution in [0.3, 0.4) is 0 Å². The average molecular weight is 498 g/mol. The van der Waals surface area contributed by atoms with Gasteiger partial charge in [-0.3, -0.25) is 9.56 Å². The molecule has 35 heavy (non-hydrogen) atoms. The summed E-state index contributed by atoms with van der Waals surface area (Å²) in [5.74, 6) is 11.3. The van der Waals surface area contributed by atoms with Gasteiger partial charge in [0.05, 0.1) is 23.4 Å². The van der Waals surface area contributed by atoms with Gasteiger partial charge in [0, 0.05) is 22.6 Å². The summed E-state index contributed by atoms with van der Waals surface area (Å²) in [6.07, 6.45) is 7.48. The Morgan fingerprint density at radius 1 is 1.11 bits per heavy atom. The zero-order chi connectivity index (χ0) is 24.4. The molecule has 0 spiro atoms. The summed E-state index contributed by atoms with van der Waals surface area (Å²) < 4.78 is 7.64. The number of ether oxygens (including phenoxy) is 1. The third kappa shape index (κ3) is 4.57. The number of aryl methyl sites for hydroxylation is 1. The summed E-state index contributed by atoms with van der Waals surface area (Å²) in [6.45, 7) is 4.93. The fourth-order valence-corrected chi connectivity index (χ4v) is 5.14. The van der Waals surface area contributed by atoms with Crippen LogP contribution < -0.4 is 4.74 Å². The number of nitrogens with zero attached hydrogens (tertiary/aromatic N) is 5. The zero-order valence-corrected chi connectivity index (χ0v) is 20.7. The van der Waals surface area contributed by atoms with Crippen LogP contribution >= 0.6 is 22.9 Å². The van der Waals surface area contributed by atoms with E-state index in [4.69, 9.17) is 27.8 Å². The third-order valence-electron chi connectivity index (χ3n) is 5.51. The fraction of sp³-hybridized carbons (Fsp3) is 0.185. The van der Waals surface area contributed by atoms with E-state index in [-0.39, 0.29) is 0 Å². The standard InChI is InChI=1S/C27H20ClN5OS/c1-4-5-14-34-22-12-10-21(29-15-22)11-13-23-17(2)25-26(19-6-8-20(28)9-7-19)30-16-24-32-31-18(3)33(24)27(25)35-23/h1,6-10,12,15H,5,14,16H2,2-3H3. The van der Waals surface area contributed by atoms with E-state index in [1.807, 2.05) is 43.3 Å². The van der Waals surface area contributed by atoms with Crippen molar-refractivity contribution in [3.8, 4) is 34.9 Å². The summed E-state index contributed by atoms with van der Waals surface area (Å²) in [5, 5.41) is 10.3. The van der Waals surface area contributed by atoms with Crippen molar-refractivity contribution in [2.75, 3.05) is 6.61 Å². The van der Waals surface area contributed by atoms with Gasteiger partial charge in [0.25, 0.3) is 0 Å². The number of aliphatic imine (C=N–C) groups is 1. The summed E-state index contributed by atoms with van der Waals surface area (Å²) in [4.78, 5) is 10.3. The molecule has 0 saturated carbocycles. The van der Waals surface area contributed by atoms with Crippen LogP contribution in [0.5, 0.6) is 5.75 Å². The fourth-order valence-electron chi connectivity index (χ4n) is 3.79. The Kier molecular flexibility index (Phi) is 6.37. The Hall–Kier alpha value is -3.91. The quantitative estimate of drug-likeness (QED) is 0.289. The monoisotopic (exact) mass is 497 g/mol. The topological polar surface area (TPSA) is 65.2 Å². The van der Waals surface area contributed by atoms with Crippen LogP contribution in [0.2, 0.25) is 5.02 Å². The van der Waals surface area contributed by atoms with Crippen LogP contribution in [-0.2, 0) is 6.54 Å². The molecule has 0 saturated heterocycles. The molecule has 0 aliphatic carbocycles. The van der Waals surface area contributed by atoms with Crippen molar-refractivity contribution in [3.05, 3.63) is 86.5 Å². The van der Waals surface area contributed by atoms with E-state index in [0.29, 0.717) is 36.0 Å². The van der Waals surface area contributed by atoms with E-state index in [2.05, 4.69) is 44.4 Å². The van der Waals surface area contributed by atoms with Gasteiger partial charge in [0.15, 0.2) is 5.82 Å². The molecule has 0 bridgehead atoms. The Bertz CT molecular complexity index is 1530. The van der Waals surface area contributed by atoms with Gasteiger partial charge in [-0.15, -0.1) is 33.9 Å². The molecule has 0 fully saturated rings. The number of hydrogen-bond donors (Lipinski definition) is 0. The van der Waals surface area contributed by atoms with Gasteiger partial charge in [-0.05, 0) is 55.5 Å². The molecular formula is C27H20ClN5OS. The molecule has 8 heteroatoms. The van der Waals surface area contributed by atoms with Gasteiger partial charge in [-0.25, -0.2) is 4.98 Å². The highest BCUT2D eigenvalue weighted by Crippen LogP contribution is 2.36. The molecule has 3 aromatic heterocycles. The van der Waals surface area contributed by atoms with E-state index in [1.54, 1.807) is 17.5 Å². The molecule has 172 valence electrons. The molecule has 1 aliphatic rings. The first-order valence-corrected chi connectivity index (χ1v) is 12.1. The minimum atomic E-state index is 0.445. The Labute approximate surface area is 212 Å². The smallest absolute Gasteiger partial charge is 0.160 e. The lowest BCUT2D eigenvalue weighted by atomic mass is 10.00. The van der Waals surface area contributed by atoms with Crippen molar-refractivity contribution >= 4 is 28.6 Å². The number of halogens is 1.